The van der Waals surface area contributed by atoms with E-state index in [-0.39, 0.29) is 11.4 Å². The first-order valence-electron chi connectivity index (χ1n) is 9.94. The lowest BCUT2D eigenvalue weighted by molar-refractivity contribution is -0.116. The van der Waals surface area contributed by atoms with E-state index in [2.05, 4.69) is 16.7 Å². The van der Waals surface area contributed by atoms with Gasteiger partial charge in [-0.2, -0.15) is 5.26 Å². The van der Waals surface area contributed by atoms with E-state index in [4.69, 9.17) is 16.3 Å². The molecular formula is C25H20ClN3O2S. The summed E-state index contributed by atoms with van der Waals surface area (Å²) in [7, 11) is 0. The van der Waals surface area contributed by atoms with E-state index < -0.39 is 0 Å². The molecule has 0 bridgehead atoms. The number of halogens is 1. The van der Waals surface area contributed by atoms with Crippen LogP contribution in [-0.2, 0) is 11.4 Å². The number of nitriles is 1. The smallest absolute Gasteiger partial charge is 0.260 e. The van der Waals surface area contributed by atoms with Crippen LogP contribution in [0.2, 0.25) is 5.02 Å². The molecule has 0 aromatic heterocycles. The highest BCUT2D eigenvalue weighted by Crippen LogP contribution is 2.31. The number of benzene rings is 3. The van der Waals surface area contributed by atoms with Crippen molar-refractivity contribution in [3.05, 3.63) is 98.9 Å². The quantitative estimate of drug-likeness (QED) is 0.460. The molecular weight excluding hydrogens is 442 g/mol. The number of carbonyl (C=O) groups excluding carboxylic acids is 1. The van der Waals surface area contributed by atoms with Gasteiger partial charge < -0.3 is 15.4 Å². The van der Waals surface area contributed by atoms with Crippen LogP contribution in [0.5, 0.6) is 5.75 Å². The van der Waals surface area contributed by atoms with Crippen molar-refractivity contribution < 1.29 is 9.53 Å². The molecule has 0 spiro atoms. The molecule has 1 amide bonds. The fourth-order valence-corrected chi connectivity index (χ4v) is 4.43. The summed E-state index contributed by atoms with van der Waals surface area (Å²) < 4.78 is 5.81. The van der Waals surface area contributed by atoms with Crippen LogP contribution < -0.4 is 15.4 Å². The van der Waals surface area contributed by atoms with Crippen molar-refractivity contribution in [3.8, 4) is 11.8 Å². The van der Waals surface area contributed by atoms with Crippen molar-refractivity contribution in [2.45, 2.75) is 19.0 Å². The van der Waals surface area contributed by atoms with Gasteiger partial charge >= 0.3 is 0 Å². The molecule has 7 heteroatoms. The maximum atomic E-state index is 12.4. The molecule has 3 aromatic rings. The highest BCUT2D eigenvalue weighted by atomic mass is 35.5. The van der Waals surface area contributed by atoms with Gasteiger partial charge in [0.2, 0.25) is 0 Å². The zero-order valence-corrected chi connectivity index (χ0v) is 18.8. The molecule has 0 saturated carbocycles. The first-order chi connectivity index (χ1) is 15.5. The molecule has 4 rings (SSSR count). The lowest BCUT2D eigenvalue weighted by atomic mass is 10.1. The number of nitrogens with one attached hydrogen (secondary N) is 2. The Labute approximate surface area is 196 Å². The van der Waals surface area contributed by atoms with Gasteiger partial charge in [-0.25, -0.2) is 0 Å². The summed E-state index contributed by atoms with van der Waals surface area (Å²) in [6.45, 7) is 2.29. The Morgan fingerprint density at radius 3 is 2.72 bits per heavy atom. The first kappa shape index (κ1) is 21.8. The van der Waals surface area contributed by atoms with E-state index >= 15 is 0 Å². The normalized spacial score (nSPS) is 16.5. The zero-order valence-electron chi connectivity index (χ0n) is 17.3. The fraction of sp³-hybridized carbons (Fsp3) is 0.120. The van der Waals surface area contributed by atoms with Gasteiger partial charge in [0.25, 0.3) is 5.91 Å². The van der Waals surface area contributed by atoms with Gasteiger partial charge in [0.05, 0.1) is 16.5 Å². The predicted molar refractivity (Wildman–Crippen MR) is 129 cm³/mol. The SMILES string of the molecule is Cc1cc(Cl)ccc1NC1NC(=O)/C(=C/c2ccc(OCc3ccccc3C#N)cc2)S1. The molecule has 3 aromatic carbocycles. The summed E-state index contributed by atoms with van der Waals surface area (Å²) in [5.41, 5.74) is 4.03. The number of aryl methyl sites for hydroxylation is 1. The zero-order chi connectivity index (χ0) is 22.5. The van der Waals surface area contributed by atoms with Gasteiger partial charge in [-0.1, -0.05) is 53.7 Å². The van der Waals surface area contributed by atoms with E-state index in [1.165, 1.54) is 11.8 Å². The Balaban J connectivity index is 1.38. The molecule has 5 nitrogen and oxygen atoms in total. The summed E-state index contributed by atoms with van der Waals surface area (Å²) in [6.07, 6.45) is 1.85. The highest BCUT2D eigenvalue weighted by Gasteiger charge is 2.27. The van der Waals surface area contributed by atoms with E-state index in [1.807, 2.05) is 73.7 Å². The minimum Gasteiger partial charge on any atom is -0.489 e. The number of carbonyl (C=O) groups is 1. The lowest BCUT2D eigenvalue weighted by Gasteiger charge is -2.15. The summed E-state index contributed by atoms with van der Waals surface area (Å²) in [4.78, 5) is 13.0. The summed E-state index contributed by atoms with van der Waals surface area (Å²) >= 11 is 7.44. The Morgan fingerprint density at radius 2 is 1.97 bits per heavy atom. The first-order valence-corrected chi connectivity index (χ1v) is 11.2. The number of rotatable bonds is 6. The van der Waals surface area contributed by atoms with Crippen LogP contribution in [0.25, 0.3) is 6.08 Å². The second-order valence-corrected chi connectivity index (χ2v) is 8.79. The van der Waals surface area contributed by atoms with Gasteiger partial charge in [0.15, 0.2) is 5.50 Å². The summed E-state index contributed by atoms with van der Waals surface area (Å²) in [5.74, 6) is 0.578. The third kappa shape index (κ3) is 5.25. The van der Waals surface area contributed by atoms with Crippen LogP contribution in [0.1, 0.15) is 22.3 Å². The molecule has 1 fully saturated rings. The van der Waals surface area contributed by atoms with Crippen LogP contribution in [0.15, 0.2) is 71.6 Å². The van der Waals surface area contributed by atoms with Gasteiger partial charge in [0, 0.05) is 16.3 Å². The number of hydrogen-bond acceptors (Lipinski definition) is 5. The van der Waals surface area contributed by atoms with Crippen molar-refractivity contribution in [2.24, 2.45) is 0 Å². The maximum absolute atomic E-state index is 12.4. The maximum Gasteiger partial charge on any atom is 0.260 e. The number of anilines is 1. The fourth-order valence-electron chi connectivity index (χ4n) is 3.22. The number of ether oxygens (including phenoxy) is 1. The standard InChI is InChI=1S/C25H20ClN3O2S/c1-16-12-20(26)8-11-22(16)28-25-29-24(30)23(32-25)13-17-6-9-21(10-7-17)31-15-19-5-3-2-4-18(19)14-27/h2-13,25,28H,15H2,1H3,(H,29,30)/b23-13-. The highest BCUT2D eigenvalue weighted by molar-refractivity contribution is 8.05. The van der Waals surface area contributed by atoms with Crippen molar-refractivity contribution >= 4 is 41.0 Å². The molecule has 1 atom stereocenters. The minimum absolute atomic E-state index is 0.118. The van der Waals surface area contributed by atoms with Crippen molar-refractivity contribution in [3.63, 3.8) is 0 Å². The third-order valence-electron chi connectivity index (χ3n) is 4.92. The molecule has 0 radical (unpaired) electrons. The van der Waals surface area contributed by atoms with E-state index in [0.29, 0.717) is 27.8 Å². The molecule has 1 unspecified atom stereocenters. The minimum atomic E-state index is -0.253. The molecule has 1 aliphatic rings. The van der Waals surface area contributed by atoms with E-state index in [1.54, 1.807) is 6.07 Å². The molecule has 2 N–H and O–H groups in total. The Bertz CT molecular complexity index is 1220. The lowest BCUT2D eigenvalue weighted by Crippen LogP contribution is -2.31. The molecule has 160 valence electrons. The molecule has 1 saturated heterocycles. The number of hydrogen-bond donors (Lipinski definition) is 2. The Morgan fingerprint density at radius 1 is 1.19 bits per heavy atom. The number of nitrogens with zero attached hydrogens (tertiary/aromatic N) is 1. The van der Waals surface area contributed by atoms with Gasteiger partial charge in [-0.15, -0.1) is 0 Å². The van der Waals surface area contributed by atoms with Crippen LogP contribution in [0.4, 0.5) is 5.69 Å². The average Bonchev–Trinajstić information content (AvgIpc) is 3.14. The van der Waals surface area contributed by atoms with Crippen LogP contribution in [-0.4, -0.2) is 11.4 Å². The monoisotopic (exact) mass is 461 g/mol. The van der Waals surface area contributed by atoms with Gasteiger partial charge in [-0.3, -0.25) is 4.79 Å². The Hall–Kier alpha value is -3.40. The van der Waals surface area contributed by atoms with Crippen LogP contribution >= 0.6 is 23.4 Å². The average molecular weight is 462 g/mol. The molecule has 0 aliphatic carbocycles. The molecule has 1 heterocycles. The topological polar surface area (TPSA) is 74.2 Å². The second kappa shape index (κ2) is 9.82. The van der Waals surface area contributed by atoms with Crippen LogP contribution in [0.3, 0.4) is 0 Å². The van der Waals surface area contributed by atoms with Gasteiger partial charge in [-0.05, 0) is 60.5 Å². The summed E-state index contributed by atoms with van der Waals surface area (Å²) in [6, 6.07) is 22.6. The number of thioether (sulfide) groups is 1. The van der Waals surface area contributed by atoms with Crippen molar-refractivity contribution in [1.82, 2.24) is 5.32 Å². The largest absolute Gasteiger partial charge is 0.489 e. The van der Waals surface area contributed by atoms with Crippen molar-refractivity contribution in [2.75, 3.05) is 5.32 Å². The van der Waals surface area contributed by atoms with Gasteiger partial charge in [0.1, 0.15) is 12.4 Å². The van der Waals surface area contributed by atoms with E-state index in [0.717, 1.165) is 22.4 Å². The van der Waals surface area contributed by atoms with Crippen LogP contribution in [0, 0.1) is 18.3 Å². The number of amides is 1. The molecule has 1 aliphatic heterocycles. The Kier molecular flexibility index (Phi) is 6.69. The summed E-state index contributed by atoms with van der Waals surface area (Å²) in [5, 5.41) is 16.1. The second-order valence-electron chi connectivity index (χ2n) is 7.21. The third-order valence-corrected chi connectivity index (χ3v) is 6.18. The van der Waals surface area contributed by atoms with Crippen molar-refractivity contribution in [1.29, 1.82) is 5.26 Å². The predicted octanol–water partition coefficient (Wildman–Crippen LogP) is 5.70. The van der Waals surface area contributed by atoms with E-state index in [9.17, 15) is 10.1 Å². The molecule has 32 heavy (non-hydrogen) atoms.